The molecule has 2 heterocycles. The Labute approximate surface area is 137 Å². The van der Waals surface area contributed by atoms with Gasteiger partial charge in [-0.2, -0.15) is 0 Å². The fourth-order valence-electron chi connectivity index (χ4n) is 2.46. The third kappa shape index (κ3) is 3.66. The molecular weight excluding hydrogens is 322 g/mol. The number of nitrogens with one attached hydrogen (secondary N) is 1. The van der Waals surface area contributed by atoms with Crippen molar-refractivity contribution in [2.45, 2.75) is 45.6 Å². The van der Waals surface area contributed by atoms with Crippen molar-refractivity contribution in [2.75, 3.05) is 11.9 Å². The molecule has 0 radical (unpaired) electrons. The molecule has 1 amide bonds. The van der Waals surface area contributed by atoms with Crippen molar-refractivity contribution in [1.29, 1.82) is 0 Å². The summed E-state index contributed by atoms with van der Waals surface area (Å²) in [5.74, 6) is -1.83. The van der Waals surface area contributed by atoms with E-state index in [1.54, 1.807) is 6.92 Å². The molecule has 0 bridgehead atoms. The highest BCUT2D eigenvalue weighted by molar-refractivity contribution is 7.13. The number of hydrogen-bond donors (Lipinski definition) is 1. The van der Waals surface area contributed by atoms with Gasteiger partial charge in [-0.3, -0.25) is 19.7 Å². The largest absolute Gasteiger partial charge is 0.465 e. The summed E-state index contributed by atoms with van der Waals surface area (Å²) in [6, 6.07) is 0. The molecule has 2 atom stereocenters. The van der Waals surface area contributed by atoms with Gasteiger partial charge in [0.15, 0.2) is 11.5 Å². The van der Waals surface area contributed by atoms with E-state index in [2.05, 4.69) is 15.5 Å². The van der Waals surface area contributed by atoms with Gasteiger partial charge in [-0.05, 0) is 13.3 Å². The number of carbonyl (C=O) groups excluding carboxylic acids is 3. The first-order valence-electron chi connectivity index (χ1n) is 7.48. The summed E-state index contributed by atoms with van der Waals surface area (Å²) in [4.78, 5) is 36.8. The van der Waals surface area contributed by atoms with E-state index in [0.717, 1.165) is 17.8 Å². The Kier molecular flexibility index (Phi) is 5.64. The number of anilines is 1. The van der Waals surface area contributed by atoms with Crippen molar-refractivity contribution in [2.24, 2.45) is 5.41 Å². The summed E-state index contributed by atoms with van der Waals surface area (Å²) in [6.45, 7) is 3.80. The average molecular weight is 341 g/mol. The predicted molar refractivity (Wildman–Crippen MR) is 81.6 cm³/mol. The van der Waals surface area contributed by atoms with Gasteiger partial charge in [0.1, 0.15) is 5.51 Å². The van der Waals surface area contributed by atoms with Gasteiger partial charge >= 0.3 is 11.9 Å². The van der Waals surface area contributed by atoms with Gasteiger partial charge in [0.2, 0.25) is 5.13 Å². The number of esters is 2. The number of aromatic nitrogens is 2. The molecule has 126 valence electrons. The highest BCUT2D eigenvalue weighted by Gasteiger charge is 2.57. The number of hydrogen-bond acceptors (Lipinski definition) is 8. The lowest BCUT2D eigenvalue weighted by Crippen LogP contribution is -2.38. The van der Waals surface area contributed by atoms with Crippen LogP contribution in [0.4, 0.5) is 5.13 Å². The van der Waals surface area contributed by atoms with Crippen molar-refractivity contribution in [3.63, 3.8) is 0 Å². The molecule has 0 spiro atoms. The SMILES string of the molecule is CCCC[C@@]1(C(=O)OCC)C[C@@H](C(=O)Nc2nncs2)OC1=O. The smallest absolute Gasteiger partial charge is 0.324 e. The highest BCUT2D eigenvalue weighted by atomic mass is 32.1. The number of amides is 1. The molecule has 1 N–H and O–H groups in total. The topological polar surface area (TPSA) is 107 Å². The first-order chi connectivity index (χ1) is 11.0. The van der Waals surface area contributed by atoms with Crippen molar-refractivity contribution in [3.8, 4) is 0 Å². The molecule has 1 saturated heterocycles. The van der Waals surface area contributed by atoms with Gasteiger partial charge in [-0.15, -0.1) is 10.2 Å². The van der Waals surface area contributed by atoms with Crippen LogP contribution in [0.15, 0.2) is 5.51 Å². The van der Waals surface area contributed by atoms with Crippen LogP contribution in [0.3, 0.4) is 0 Å². The van der Waals surface area contributed by atoms with Crippen molar-refractivity contribution in [3.05, 3.63) is 5.51 Å². The van der Waals surface area contributed by atoms with Crippen LogP contribution >= 0.6 is 11.3 Å². The second-order valence-corrected chi connectivity index (χ2v) is 6.07. The lowest BCUT2D eigenvalue weighted by Gasteiger charge is -2.21. The zero-order valence-electron chi connectivity index (χ0n) is 13.0. The van der Waals surface area contributed by atoms with Gasteiger partial charge in [0, 0.05) is 6.42 Å². The Morgan fingerprint density at radius 2 is 2.30 bits per heavy atom. The standard InChI is InChI=1S/C14H19N3O5S/c1-3-5-6-14(11(19)21-4-2)7-9(22-12(14)20)10(18)16-13-17-15-8-23-13/h8-9H,3-7H2,1-2H3,(H,16,17,18)/t9-,14-/m0/s1. The lowest BCUT2D eigenvalue weighted by atomic mass is 9.80. The summed E-state index contributed by atoms with van der Waals surface area (Å²) >= 11 is 1.15. The van der Waals surface area contributed by atoms with E-state index >= 15 is 0 Å². The Hall–Kier alpha value is -2.03. The monoisotopic (exact) mass is 341 g/mol. The summed E-state index contributed by atoms with van der Waals surface area (Å²) in [5, 5.41) is 10.2. The van der Waals surface area contributed by atoms with E-state index < -0.39 is 29.4 Å². The molecule has 0 aliphatic carbocycles. The number of ether oxygens (including phenoxy) is 2. The van der Waals surface area contributed by atoms with Crippen LogP contribution in [-0.4, -0.2) is 40.8 Å². The normalized spacial score (nSPS) is 23.4. The first-order valence-corrected chi connectivity index (χ1v) is 8.36. The number of cyclic esters (lactones) is 1. The van der Waals surface area contributed by atoms with Gasteiger partial charge in [-0.1, -0.05) is 31.1 Å². The molecule has 1 aromatic heterocycles. The van der Waals surface area contributed by atoms with Crippen LogP contribution in [0.5, 0.6) is 0 Å². The molecular formula is C14H19N3O5S. The molecule has 8 nitrogen and oxygen atoms in total. The Morgan fingerprint density at radius 3 is 2.91 bits per heavy atom. The van der Waals surface area contributed by atoms with Crippen molar-refractivity contribution >= 4 is 34.3 Å². The van der Waals surface area contributed by atoms with Crippen molar-refractivity contribution < 1.29 is 23.9 Å². The minimum atomic E-state index is -1.39. The van der Waals surface area contributed by atoms with Crippen molar-refractivity contribution in [1.82, 2.24) is 10.2 Å². The summed E-state index contributed by atoms with van der Waals surface area (Å²) in [5.41, 5.74) is 0.0790. The fourth-order valence-corrected chi connectivity index (χ4v) is 2.91. The van der Waals surface area contributed by atoms with E-state index in [4.69, 9.17) is 9.47 Å². The maximum absolute atomic E-state index is 12.3. The molecule has 0 saturated carbocycles. The molecule has 1 aliphatic rings. The highest BCUT2D eigenvalue weighted by Crippen LogP contribution is 2.40. The fraction of sp³-hybridized carbons (Fsp3) is 0.643. The number of carbonyl (C=O) groups is 3. The van der Waals surface area contributed by atoms with Crippen LogP contribution < -0.4 is 5.32 Å². The van der Waals surface area contributed by atoms with Crippen LogP contribution in [0.25, 0.3) is 0 Å². The van der Waals surface area contributed by atoms with Crippen LogP contribution in [0, 0.1) is 5.41 Å². The maximum atomic E-state index is 12.3. The summed E-state index contributed by atoms with van der Waals surface area (Å²) in [7, 11) is 0. The van der Waals surface area contributed by atoms with Gasteiger partial charge < -0.3 is 9.47 Å². The Balaban J connectivity index is 2.13. The second-order valence-electron chi connectivity index (χ2n) is 5.24. The third-order valence-electron chi connectivity index (χ3n) is 3.68. The Morgan fingerprint density at radius 1 is 1.52 bits per heavy atom. The summed E-state index contributed by atoms with van der Waals surface area (Å²) < 4.78 is 10.2. The van der Waals surface area contributed by atoms with Gasteiger partial charge in [-0.25, -0.2) is 0 Å². The minimum absolute atomic E-state index is 0.0185. The quantitative estimate of drug-likeness (QED) is 0.592. The third-order valence-corrected chi connectivity index (χ3v) is 4.29. The van der Waals surface area contributed by atoms with E-state index in [1.165, 1.54) is 5.51 Å². The predicted octanol–water partition coefficient (Wildman–Crippen LogP) is 1.53. The zero-order valence-corrected chi connectivity index (χ0v) is 13.9. The number of nitrogens with zero attached hydrogens (tertiary/aromatic N) is 2. The molecule has 23 heavy (non-hydrogen) atoms. The van der Waals surface area contributed by atoms with Crippen LogP contribution in [-0.2, 0) is 23.9 Å². The van der Waals surface area contributed by atoms with E-state index in [-0.39, 0.29) is 13.0 Å². The van der Waals surface area contributed by atoms with Crippen LogP contribution in [0.2, 0.25) is 0 Å². The van der Waals surface area contributed by atoms with Crippen LogP contribution in [0.1, 0.15) is 39.5 Å². The van der Waals surface area contributed by atoms with E-state index in [9.17, 15) is 14.4 Å². The maximum Gasteiger partial charge on any atom is 0.324 e. The van der Waals surface area contributed by atoms with E-state index in [0.29, 0.717) is 18.0 Å². The molecule has 1 aliphatic heterocycles. The van der Waals surface area contributed by atoms with E-state index in [1.807, 2.05) is 6.92 Å². The number of rotatable bonds is 7. The molecule has 1 aromatic rings. The van der Waals surface area contributed by atoms with Gasteiger partial charge in [0.25, 0.3) is 5.91 Å². The lowest BCUT2D eigenvalue weighted by molar-refractivity contribution is -0.166. The average Bonchev–Trinajstić information content (AvgIpc) is 3.14. The number of unbranched alkanes of at least 4 members (excludes halogenated alkanes) is 1. The molecule has 0 aromatic carbocycles. The molecule has 9 heteroatoms. The zero-order chi connectivity index (χ0) is 16.9. The molecule has 0 unspecified atom stereocenters. The van der Waals surface area contributed by atoms with Gasteiger partial charge in [0.05, 0.1) is 6.61 Å². The first kappa shape index (κ1) is 17.3. The minimum Gasteiger partial charge on any atom is -0.465 e. The molecule has 1 fully saturated rings. The Bertz CT molecular complexity index is 577. The molecule has 2 rings (SSSR count). The summed E-state index contributed by atoms with van der Waals surface area (Å²) in [6.07, 6.45) is 0.737. The second kappa shape index (κ2) is 7.49.